The van der Waals surface area contributed by atoms with E-state index in [0.29, 0.717) is 17.0 Å². The molecule has 2 aromatic rings. The number of rotatable bonds is 3. The van der Waals surface area contributed by atoms with Gasteiger partial charge in [0.1, 0.15) is 22.3 Å². The summed E-state index contributed by atoms with van der Waals surface area (Å²) in [6, 6.07) is 0.928. The molecule has 0 bridgehead atoms. The van der Waals surface area contributed by atoms with E-state index < -0.39 is 23.6 Å². The number of hydrogen-bond donors (Lipinski definition) is 2. The van der Waals surface area contributed by atoms with E-state index in [-0.39, 0.29) is 16.9 Å². The molecule has 0 aromatic carbocycles. The van der Waals surface area contributed by atoms with Gasteiger partial charge in [-0.25, -0.2) is 14.6 Å². The maximum absolute atomic E-state index is 12.8. The third kappa shape index (κ3) is 3.88. The Kier molecular flexibility index (Phi) is 4.45. The van der Waals surface area contributed by atoms with E-state index in [2.05, 4.69) is 20.7 Å². The Balaban J connectivity index is 1.78. The summed E-state index contributed by atoms with van der Waals surface area (Å²) < 4.78 is 7.02. The van der Waals surface area contributed by atoms with Crippen LogP contribution in [-0.2, 0) is 9.53 Å². The molecule has 1 aliphatic carbocycles. The standard InChI is InChI=1S/C18H19ClN6O4/c1-18(2,3)29-17(28)24(10-4-5-10)13-7-12(19)22-14-9(8-20-25(13)14)6-11-15(26)23-16(27)21-11/h6-8,10H,4-5H2,1-3H3,(H2,21,23,26,27)/b11-6-. The number of hydrogen-bond acceptors (Lipinski definition) is 6. The van der Waals surface area contributed by atoms with Crippen molar-refractivity contribution < 1.29 is 19.1 Å². The lowest BCUT2D eigenvalue weighted by molar-refractivity contribution is -0.115. The molecule has 1 aliphatic heterocycles. The van der Waals surface area contributed by atoms with Crippen LogP contribution in [0.2, 0.25) is 5.15 Å². The van der Waals surface area contributed by atoms with E-state index in [1.54, 1.807) is 26.8 Å². The Bertz CT molecular complexity index is 1070. The molecular weight excluding hydrogens is 400 g/mol. The molecule has 2 aliphatic rings. The van der Waals surface area contributed by atoms with Crippen LogP contribution in [0.4, 0.5) is 15.4 Å². The van der Waals surface area contributed by atoms with Gasteiger partial charge in [0.15, 0.2) is 5.65 Å². The van der Waals surface area contributed by atoms with Crippen LogP contribution in [0.15, 0.2) is 18.0 Å². The molecule has 1 saturated heterocycles. The molecule has 152 valence electrons. The summed E-state index contributed by atoms with van der Waals surface area (Å²) in [7, 11) is 0. The summed E-state index contributed by atoms with van der Waals surface area (Å²) in [4.78, 5) is 41.8. The minimum absolute atomic E-state index is 0.0163. The number of nitrogens with zero attached hydrogens (tertiary/aromatic N) is 4. The molecular formula is C18H19ClN6O4. The van der Waals surface area contributed by atoms with E-state index in [1.165, 1.54) is 21.7 Å². The molecule has 0 unspecified atom stereocenters. The predicted molar refractivity (Wildman–Crippen MR) is 104 cm³/mol. The molecule has 1 saturated carbocycles. The SMILES string of the molecule is CC(C)(C)OC(=O)N(c1cc(Cl)nc2c(/C=C3\NC(=O)NC3=O)cnn12)C1CC1. The minimum Gasteiger partial charge on any atom is -0.443 e. The number of ether oxygens (including phenoxy) is 1. The van der Waals surface area contributed by atoms with Gasteiger partial charge in [0.2, 0.25) is 0 Å². The number of aromatic nitrogens is 3. The Labute approximate surface area is 170 Å². The number of carbonyl (C=O) groups excluding carboxylic acids is 3. The van der Waals surface area contributed by atoms with E-state index in [9.17, 15) is 14.4 Å². The summed E-state index contributed by atoms with van der Waals surface area (Å²) in [6.45, 7) is 5.39. The second kappa shape index (κ2) is 6.73. The van der Waals surface area contributed by atoms with Crippen molar-refractivity contribution in [2.75, 3.05) is 4.90 Å². The topological polar surface area (TPSA) is 118 Å². The van der Waals surface area contributed by atoms with Gasteiger partial charge in [-0.05, 0) is 39.7 Å². The molecule has 29 heavy (non-hydrogen) atoms. The van der Waals surface area contributed by atoms with Gasteiger partial charge >= 0.3 is 12.1 Å². The summed E-state index contributed by atoms with van der Waals surface area (Å²) in [5.41, 5.74) is 0.206. The van der Waals surface area contributed by atoms with Crippen molar-refractivity contribution >= 4 is 47.2 Å². The van der Waals surface area contributed by atoms with Crippen LogP contribution < -0.4 is 15.5 Å². The normalized spacial score (nSPS) is 18.1. The van der Waals surface area contributed by atoms with Crippen LogP contribution in [0.5, 0.6) is 0 Å². The van der Waals surface area contributed by atoms with E-state index in [4.69, 9.17) is 16.3 Å². The first-order valence-corrected chi connectivity index (χ1v) is 9.41. The number of halogens is 1. The summed E-state index contributed by atoms with van der Waals surface area (Å²) in [5, 5.41) is 9.01. The fourth-order valence-corrected chi connectivity index (χ4v) is 3.10. The Morgan fingerprint density at radius 3 is 2.66 bits per heavy atom. The number of urea groups is 1. The molecule has 0 spiro atoms. The molecule has 2 N–H and O–H groups in total. The molecule has 4 rings (SSSR count). The van der Waals surface area contributed by atoms with Gasteiger partial charge in [-0.1, -0.05) is 11.6 Å². The highest BCUT2D eigenvalue weighted by molar-refractivity contribution is 6.30. The molecule has 2 aromatic heterocycles. The number of fused-ring (bicyclic) bond motifs is 1. The Morgan fingerprint density at radius 2 is 2.07 bits per heavy atom. The van der Waals surface area contributed by atoms with Gasteiger partial charge < -0.3 is 10.1 Å². The highest BCUT2D eigenvalue weighted by Gasteiger charge is 2.38. The smallest absolute Gasteiger partial charge is 0.416 e. The molecule has 4 amide bonds. The van der Waals surface area contributed by atoms with Crippen LogP contribution in [0.1, 0.15) is 39.2 Å². The van der Waals surface area contributed by atoms with Gasteiger partial charge in [-0.2, -0.15) is 9.61 Å². The van der Waals surface area contributed by atoms with Crippen molar-refractivity contribution in [2.24, 2.45) is 0 Å². The van der Waals surface area contributed by atoms with Crippen molar-refractivity contribution in [3.8, 4) is 0 Å². The van der Waals surface area contributed by atoms with Gasteiger partial charge in [0, 0.05) is 17.7 Å². The fraction of sp³-hybridized carbons (Fsp3) is 0.389. The maximum Gasteiger partial charge on any atom is 0.416 e. The third-order valence-electron chi connectivity index (χ3n) is 4.22. The predicted octanol–water partition coefficient (Wildman–Crippen LogP) is 2.47. The second-order valence-corrected chi connectivity index (χ2v) is 8.21. The lowest BCUT2D eigenvalue weighted by atomic mass is 10.2. The third-order valence-corrected chi connectivity index (χ3v) is 4.41. The first kappa shape index (κ1) is 19.2. The highest BCUT2D eigenvalue weighted by atomic mass is 35.5. The van der Waals surface area contributed by atoms with Gasteiger partial charge in [0.25, 0.3) is 5.91 Å². The molecule has 11 heteroatoms. The van der Waals surface area contributed by atoms with Crippen molar-refractivity contribution in [3.63, 3.8) is 0 Å². The van der Waals surface area contributed by atoms with Crippen LogP contribution in [0.25, 0.3) is 11.7 Å². The number of carbonyl (C=O) groups is 3. The van der Waals surface area contributed by atoms with Gasteiger partial charge in [-0.3, -0.25) is 15.0 Å². The van der Waals surface area contributed by atoms with Crippen molar-refractivity contribution in [1.82, 2.24) is 25.2 Å². The summed E-state index contributed by atoms with van der Waals surface area (Å²) >= 11 is 6.23. The fourth-order valence-electron chi connectivity index (χ4n) is 2.92. The Hall–Kier alpha value is -3.14. The van der Waals surface area contributed by atoms with Crippen LogP contribution >= 0.6 is 11.6 Å². The van der Waals surface area contributed by atoms with Crippen molar-refractivity contribution in [3.05, 3.63) is 28.7 Å². The number of anilines is 1. The molecule has 3 heterocycles. The van der Waals surface area contributed by atoms with Crippen molar-refractivity contribution in [2.45, 2.75) is 45.3 Å². The van der Waals surface area contributed by atoms with Gasteiger partial charge in [0.05, 0.1) is 6.20 Å². The number of amides is 4. The minimum atomic E-state index is -0.659. The lowest BCUT2D eigenvalue weighted by Crippen LogP contribution is -2.39. The lowest BCUT2D eigenvalue weighted by Gasteiger charge is -2.27. The van der Waals surface area contributed by atoms with E-state index >= 15 is 0 Å². The zero-order valence-corrected chi connectivity index (χ0v) is 16.8. The van der Waals surface area contributed by atoms with E-state index in [1.807, 2.05) is 0 Å². The summed E-state index contributed by atoms with van der Waals surface area (Å²) in [5.74, 6) is -0.133. The van der Waals surface area contributed by atoms with E-state index in [0.717, 1.165) is 12.8 Å². The number of imide groups is 1. The van der Waals surface area contributed by atoms with Crippen LogP contribution in [0.3, 0.4) is 0 Å². The number of nitrogens with one attached hydrogen (secondary N) is 2. The quantitative estimate of drug-likeness (QED) is 0.449. The maximum atomic E-state index is 12.8. The average Bonchev–Trinajstić information content (AvgIpc) is 3.25. The molecule has 2 fully saturated rings. The van der Waals surface area contributed by atoms with Gasteiger partial charge in [-0.15, -0.1) is 0 Å². The van der Waals surface area contributed by atoms with Crippen molar-refractivity contribution in [1.29, 1.82) is 0 Å². The summed E-state index contributed by atoms with van der Waals surface area (Å²) in [6.07, 6.45) is 4.11. The first-order chi connectivity index (χ1) is 13.6. The van der Waals surface area contributed by atoms with Crippen LogP contribution in [-0.4, -0.2) is 44.3 Å². The molecule has 10 nitrogen and oxygen atoms in total. The first-order valence-electron chi connectivity index (χ1n) is 9.03. The largest absolute Gasteiger partial charge is 0.443 e. The molecule has 0 radical (unpaired) electrons. The second-order valence-electron chi connectivity index (χ2n) is 7.82. The van der Waals surface area contributed by atoms with Crippen LogP contribution in [0, 0.1) is 0 Å². The Morgan fingerprint density at radius 1 is 1.34 bits per heavy atom. The average molecular weight is 419 g/mol. The molecule has 0 atom stereocenters. The monoisotopic (exact) mass is 418 g/mol. The zero-order valence-electron chi connectivity index (χ0n) is 16.0. The zero-order chi connectivity index (χ0) is 20.9. The highest BCUT2D eigenvalue weighted by Crippen LogP contribution is 2.34.